The topological polar surface area (TPSA) is 78.4 Å². The highest BCUT2D eigenvalue weighted by Crippen LogP contribution is 2.53. The normalized spacial score (nSPS) is 27.1. The number of nitrogens with two attached hydrogens (primary N) is 1. The first kappa shape index (κ1) is 14.6. The molecule has 2 fully saturated rings. The lowest BCUT2D eigenvalue weighted by molar-refractivity contribution is -0.386. The molecule has 2 N–H and O–H groups in total. The van der Waals surface area contributed by atoms with Crippen LogP contribution in [0.2, 0.25) is 5.02 Å². The predicted octanol–water partition coefficient (Wildman–Crippen LogP) is 3.68. The summed E-state index contributed by atoms with van der Waals surface area (Å²) in [6, 6.07) is 4.69. The van der Waals surface area contributed by atoms with Crippen molar-refractivity contribution in [1.82, 2.24) is 0 Å². The van der Waals surface area contributed by atoms with Gasteiger partial charge in [0.15, 0.2) is 5.75 Å². The van der Waals surface area contributed by atoms with Gasteiger partial charge in [0.05, 0.1) is 4.92 Å². The van der Waals surface area contributed by atoms with E-state index in [1.807, 2.05) is 0 Å². The van der Waals surface area contributed by atoms with Gasteiger partial charge in [-0.15, -0.1) is 0 Å². The van der Waals surface area contributed by atoms with E-state index >= 15 is 0 Å². The van der Waals surface area contributed by atoms with Gasteiger partial charge < -0.3 is 10.5 Å². The molecule has 5 nitrogen and oxygen atoms in total. The number of nitrogens with zero attached hydrogens (tertiary/aromatic N) is 1. The summed E-state index contributed by atoms with van der Waals surface area (Å²) in [6.07, 6.45) is 6.42. The average Bonchev–Trinajstić information content (AvgIpc) is 2.49. The molecule has 1 aromatic rings. The van der Waals surface area contributed by atoms with Gasteiger partial charge in [0.25, 0.3) is 0 Å². The summed E-state index contributed by atoms with van der Waals surface area (Å²) in [5, 5.41) is 11.5. The SMILES string of the molecule is NC1CC(Oc2ccc(Cl)cc2[N+](=O)[O-])C12CCCCC2. The van der Waals surface area contributed by atoms with E-state index in [1.54, 1.807) is 12.1 Å². The fraction of sp³-hybridized carbons (Fsp3) is 0.600. The molecule has 114 valence electrons. The van der Waals surface area contributed by atoms with Gasteiger partial charge in [-0.25, -0.2) is 0 Å². The molecule has 0 amide bonds. The van der Waals surface area contributed by atoms with Crippen LogP contribution in [-0.2, 0) is 0 Å². The van der Waals surface area contributed by atoms with Crippen LogP contribution in [0, 0.1) is 15.5 Å². The van der Waals surface area contributed by atoms with Crippen molar-refractivity contribution >= 4 is 17.3 Å². The smallest absolute Gasteiger partial charge is 0.312 e. The molecule has 6 heteroatoms. The fourth-order valence-corrected chi connectivity index (χ4v) is 3.90. The van der Waals surface area contributed by atoms with Crippen LogP contribution in [0.5, 0.6) is 5.75 Å². The first-order chi connectivity index (χ1) is 10.0. The molecule has 0 heterocycles. The number of hydrogen-bond donors (Lipinski definition) is 1. The first-order valence-corrected chi connectivity index (χ1v) is 7.77. The third-order valence-corrected chi connectivity index (χ3v) is 5.25. The molecule has 2 atom stereocenters. The number of rotatable bonds is 3. The Labute approximate surface area is 128 Å². The number of hydrogen-bond acceptors (Lipinski definition) is 4. The number of halogens is 1. The largest absolute Gasteiger partial charge is 0.483 e. The second-order valence-corrected chi connectivity index (χ2v) is 6.55. The van der Waals surface area contributed by atoms with Gasteiger partial charge in [-0.2, -0.15) is 0 Å². The van der Waals surface area contributed by atoms with E-state index in [9.17, 15) is 10.1 Å². The minimum absolute atomic E-state index is 0.00571. The van der Waals surface area contributed by atoms with Crippen LogP contribution < -0.4 is 10.5 Å². The molecular weight excluding hydrogens is 292 g/mol. The van der Waals surface area contributed by atoms with Crippen LogP contribution in [0.1, 0.15) is 38.5 Å². The summed E-state index contributed by atoms with van der Waals surface area (Å²) >= 11 is 5.83. The Hall–Kier alpha value is -1.33. The maximum absolute atomic E-state index is 11.1. The third kappa shape index (κ3) is 2.49. The lowest BCUT2D eigenvalue weighted by Crippen LogP contribution is -2.64. The van der Waals surface area contributed by atoms with Crippen LogP contribution >= 0.6 is 11.6 Å². The van der Waals surface area contributed by atoms with Crippen molar-refractivity contribution in [2.75, 3.05) is 0 Å². The monoisotopic (exact) mass is 310 g/mol. The standard InChI is InChI=1S/C15H19ClN2O3/c16-10-4-5-12(11(8-10)18(19)20)21-14-9-13(17)15(14)6-2-1-3-7-15/h4-5,8,13-14H,1-3,6-7,9,17H2. The van der Waals surface area contributed by atoms with Gasteiger partial charge >= 0.3 is 5.69 Å². The van der Waals surface area contributed by atoms with E-state index in [1.165, 1.54) is 12.5 Å². The summed E-state index contributed by atoms with van der Waals surface area (Å²) in [4.78, 5) is 10.7. The average molecular weight is 311 g/mol. The first-order valence-electron chi connectivity index (χ1n) is 7.39. The summed E-state index contributed by atoms with van der Waals surface area (Å²) < 4.78 is 5.98. The molecular formula is C15H19ClN2O3. The molecule has 2 aliphatic carbocycles. The van der Waals surface area contributed by atoms with Crippen molar-refractivity contribution in [2.24, 2.45) is 11.1 Å². The van der Waals surface area contributed by atoms with Gasteiger partial charge in [-0.05, 0) is 25.0 Å². The number of benzene rings is 1. The summed E-state index contributed by atoms with van der Waals surface area (Å²) in [6.45, 7) is 0. The van der Waals surface area contributed by atoms with Crippen molar-refractivity contribution < 1.29 is 9.66 Å². The van der Waals surface area contributed by atoms with E-state index in [0.717, 1.165) is 32.1 Å². The van der Waals surface area contributed by atoms with Crippen LogP contribution in [0.3, 0.4) is 0 Å². The number of nitro benzene ring substituents is 1. The van der Waals surface area contributed by atoms with Crippen molar-refractivity contribution in [3.63, 3.8) is 0 Å². The van der Waals surface area contributed by atoms with Gasteiger partial charge in [-0.1, -0.05) is 30.9 Å². The van der Waals surface area contributed by atoms with Gasteiger partial charge in [-0.3, -0.25) is 10.1 Å². The van der Waals surface area contributed by atoms with Crippen LogP contribution in [0.15, 0.2) is 18.2 Å². The highest BCUT2D eigenvalue weighted by Gasteiger charge is 2.55. The predicted molar refractivity (Wildman–Crippen MR) is 80.6 cm³/mol. The van der Waals surface area contributed by atoms with Crippen LogP contribution in [0.4, 0.5) is 5.69 Å². The number of ether oxygens (including phenoxy) is 1. The molecule has 0 saturated heterocycles. The Morgan fingerprint density at radius 1 is 1.33 bits per heavy atom. The minimum Gasteiger partial charge on any atom is -0.483 e. The zero-order valence-corrected chi connectivity index (χ0v) is 12.5. The summed E-state index contributed by atoms with van der Waals surface area (Å²) in [5.41, 5.74) is 6.15. The molecule has 2 saturated carbocycles. The van der Waals surface area contributed by atoms with Crippen molar-refractivity contribution in [3.05, 3.63) is 33.3 Å². The second-order valence-electron chi connectivity index (χ2n) is 6.11. The summed E-state index contributed by atoms with van der Waals surface area (Å²) in [7, 11) is 0. The van der Waals surface area contributed by atoms with Crippen molar-refractivity contribution in [1.29, 1.82) is 0 Å². The molecule has 0 bridgehead atoms. The van der Waals surface area contributed by atoms with Crippen molar-refractivity contribution in [2.45, 2.75) is 50.7 Å². The van der Waals surface area contributed by atoms with Gasteiger partial charge in [0, 0.05) is 29.0 Å². The summed E-state index contributed by atoms with van der Waals surface area (Å²) in [5.74, 6) is 0.297. The Morgan fingerprint density at radius 2 is 2.05 bits per heavy atom. The van der Waals surface area contributed by atoms with E-state index in [4.69, 9.17) is 22.1 Å². The quantitative estimate of drug-likeness (QED) is 0.682. The Bertz CT molecular complexity index is 558. The number of nitro groups is 1. The van der Waals surface area contributed by atoms with Crippen molar-refractivity contribution in [3.8, 4) is 5.75 Å². The molecule has 1 spiro atoms. The maximum atomic E-state index is 11.1. The fourth-order valence-electron chi connectivity index (χ4n) is 3.73. The Morgan fingerprint density at radius 3 is 2.67 bits per heavy atom. The van der Waals surface area contributed by atoms with E-state index in [0.29, 0.717) is 10.8 Å². The van der Waals surface area contributed by atoms with E-state index in [-0.39, 0.29) is 23.2 Å². The molecule has 2 aliphatic rings. The maximum Gasteiger partial charge on any atom is 0.312 e. The lowest BCUT2D eigenvalue weighted by Gasteiger charge is -2.55. The lowest BCUT2D eigenvalue weighted by atomic mass is 9.55. The van der Waals surface area contributed by atoms with E-state index < -0.39 is 4.92 Å². The van der Waals surface area contributed by atoms with Crippen LogP contribution in [-0.4, -0.2) is 17.1 Å². The zero-order chi connectivity index (χ0) is 15.0. The Balaban J connectivity index is 1.82. The molecule has 0 radical (unpaired) electrons. The van der Waals surface area contributed by atoms with Gasteiger partial charge in [0.2, 0.25) is 0 Å². The highest BCUT2D eigenvalue weighted by atomic mass is 35.5. The third-order valence-electron chi connectivity index (χ3n) is 5.02. The van der Waals surface area contributed by atoms with Crippen LogP contribution in [0.25, 0.3) is 0 Å². The second kappa shape index (κ2) is 5.46. The highest BCUT2D eigenvalue weighted by molar-refractivity contribution is 6.30. The zero-order valence-electron chi connectivity index (χ0n) is 11.8. The van der Waals surface area contributed by atoms with E-state index in [2.05, 4.69) is 0 Å². The molecule has 0 aliphatic heterocycles. The molecule has 1 aromatic carbocycles. The Kier molecular flexibility index (Phi) is 3.80. The molecule has 3 rings (SSSR count). The molecule has 21 heavy (non-hydrogen) atoms. The molecule has 0 aromatic heterocycles. The molecule has 2 unspecified atom stereocenters. The minimum atomic E-state index is -0.451. The van der Waals surface area contributed by atoms with Gasteiger partial charge in [0.1, 0.15) is 6.10 Å².